The summed E-state index contributed by atoms with van der Waals surface area (Å²) in [5.41, 5.74) is 3.36. The minimum absolute atomic E-state index is 0.0791. The predicted octanol–water partition coefficient (Wildman–Crippen LogP) is 4.05. The van der Waals surface area contributed by atoms with Gasteiger partial charge >= 0.3 is 5.97 Å². The Morgan fingerprint density at radius 2 is 2.03 bits per heavy atom. The molecule has 1 fully saturated rings. The molecule has 1 unspecified atom stereocenters. The number of rotatable bonds is 5. The molecular formula is C24H25N5O3. The van der Waals surface area contributed by atoms with E-state index in [4.69, 9.17) is 4.98 Å². The Hall–Kier alpha value is -3.55. The van der Waals surface area contributed by atoms with Gasteiger partial charge in [0.2, 0.25) is 0 Å². The SMILES string of the molecule is CC(C)n1cnnc1-c1cccc(N2Cc3ccc(C4CC[C@@H](C(=O)O)C4)cc3C2=O)n1. The molecule has 0 bridgehead atoms. The van der Waals surface area contributed by atoms with Gasteiger partial charge < -0.3 is 9.67 Å². The fourth-order valence-corrected chi connectivity index (χ4v) is 4.77. The topological polar surface area (TPSA) is 101 Å². The molecule has 3 aromatic rings. The van der Waals surface area contributed by atoms with Gasteiger partial charge in [0.1, 0.15) is 17.8 Å². The summed E-state index contributed by atoms with van der Waals surface area (Å²) < 4.78 is 1.95. The third-order valence-electron chi connectivity index (χ3n) is 6.56. The third-order valence-corrected chi connectivity index (χ3v) is 6.56. The van der Waals surface area contributed by atoms with Crippen molar-refractivity contribution in [3.8, 4) is 11.5 Å². The highest BCUT2D eigenvalue weighted by molar-refractivity contribution is 6.09. The van der Waals surface area contributed by atoms with E-state index >= 15 is 0 Å². The van der Waals surface area contributed by atoms with E-state index in [2.05, 4.69) is 24.0 Å². The van der Waals surface area contributed by atoms with Crippen molar-refractivity contribution in [3.05, 3.63) is 59.4 Å². The Balaban J connectivity index is 1.41. The van der Waals surface area contributed by atoms with Gasteiger partial charge in [-0.1, -0.05) is 18.2 Å². The number of carboxylic acid groups (broad SMARTS) is 1. The third kappa shape index (κ3) is 3.45. The largest absolute Gasteiger partial charge is 0.481 e. The molecule has 1 saturated carbocycles. The number of nitrogens with zero attached hydrogens (tertiary/aromatic N) is 5. The van der Waals surface area contributed by atoms with Gasteiger partial charge in [0.05, 0.1) is 12.5 Å². The standard InChI is InChI=1S/C24H25N5O3/c1-14(2)29-13-25-27-22(29)20-4-3-5-21(26-20)28-12-18-9-7-16(11-19(18)23(28)30)15-6-8-17(10-15)24(31)32/h3-5,7,9,11,13-15,17H,6,8,10,12H2,1-2H3,(H,31,32)/t15?,17-/m1/s1. The lowest BCUT2D eigenvalue weighted by atomic mass is 9.93. The van der Waals surface area contributed by atoms with Crippen molar-refractivity contribution in [1.29, 1.82) is 0 Å². The first-order valence-electron chi connectivity index (χ1n) is 11.0. The summed E-state index contributed by atoms with van der Waals surface area (Å²) in [6.07, 6.45) is 3.85. The van der Waals surface area contributed by atoms with E-state index in [9.17, 15) is 14.7 Å². The van der Waals surface area contributed by atoms with Crippen LogP contribution in [0.25, 0.3) is 11.5 Å². The van der Waals surface area contributed by atoms with E-state index in [1.807, 2.05) is 41.0 Å². The van der Waals surface area contributed by atoms with Crippen LogP contribution < -0.4 is 4.90 Å². The molecule has 5 rings (SSSR count). The molecule has 2 aromatic heterocycles. The van der Waals surface area contributed by atoms with Crippen molar-refractivity contribution in [3.63, 3.8) is 0 Å². The van der Waals surface area contributed by atoms with Gasteiger partial charge in [-0.05, 0) is 68.4 Å². The van der Waals surface area contributed by atoms with Gasteiger partial charge in [-0.25, -0.2) is 4.98 Å². The number of carbonyl (C=O) groups is 2. The average molecular weight is 431 g/mol. The molecule has 8 nitrogen and oxygen atoms in total. The highest BCUT2D eigenvalue weighted by Gasteiger charge is 2.34. The number of pyridine rings is 1. The number of hydrogen-bond acceptors (Lipinski definition) is 5. The van der Waals surface area contributed by atoms with Crippen LogP contribution in [0.1, 0.15) is 66.6 Å². The zero-order valence-electron chi connectivity index (χ0n) is 18.1. The van der Waals surface area contributed by atoms with E-state index < -0.39 is 5.97 Å². The van der Waals surface area contributed by atoms with Crippen LogP contribution in [0, 0.1) is 5.92 Å². The lowest BCUT2D eigenvalue weighted by Gasteiger charge is -2.16. The highest BCUT2D eigenvalue weighted by Crippen LogP contribution is 2.40. The van der Waals surface area contributed by atoms with Crippen molar-refractivity contribution in [2.45, 2.75) is 51.6 Å². The van der Waals surface area contributed by atoms with E-state index in [0.29, 0.717) is 42.3 Å². The monoisotopic (exact) mass is 431 g/mol. The van der Waals surface area contributed by atoms with Crippen molar-refractivity contribution >= 4 is 17.7 Å². The summed E-state index contributed by atoms with van der Waals surface area (Å²) in [4.78, 5) is 31.0. The molecule has 3 heterocycles. The Labute approximate surface area is 185 Å². The number of carbonyl (C=O) groups excluding carboxylic acids is 1. The second kappa shape index (κ2) is 7.85. The van der Waals surface area contributed by atoms with Gasteiger partial charge in [-0.3, -0.25) is 14.5 Å². The van der Waals surface area contributed by atoms with Crippen LogP contribution in [0.2, 0.25) is 0 Å². The highest BCUT2D eigenvalue weighted by atomic mass is 16.4. The van der Waals surface area contributed by atoms with Crippen LogP contribution in [-0.4, -0.2) is 36.7 Å². The number of hydrogen-bond donors (Lipinski definition) is 1. The first-order chi connectivity index (χ1) is 15.4. The maximum atomic E-state index is 13.3. The molecule has 8 heteroatoms. The van der Waals surface area contributed by atoms with E-state index in [0.717, 1.165) is 17.5 Å². The van der Waals surface area contributed by atoms with E-state index in [-0.39, 0.29) is 23.8 Å². The Bertz CT molecular complexity index is 1200. The summed E-state index contributed by atoms with van der Waals surface area (Å²) in [7, 11) is 0. The quantitative estimate of drug-likeness (QED) is 0.654. The van der Waals surface area contributed by atoms with Gasteiger partial charge in [-0.15, -0.1) is 10.2 Å². The number of anilines is 1. The smallest absolute Gasteiger partial charge is 0.306 e. The van der Waals surface area contributed by atoms with Crippen LogP contribution in [0.3, 0.4) is 0 Å². The minimum atomic E-state index is -0.727. The van der Waals surface area contributed by atoms with E-state index in [1.54, 1.807) is 11.2 Å². The molecule has 2 aliphatic rings. The van der Waals surface area contributed by atoms with Gasteiger partial charge in [0, 0.05) is 11.6 Å². The first-order valence-corrected chi connectivity index (χ1v) is 11.0. The number of amides is 1. The van der Waals surface area contributed by atoms with Crippen LogP contribution in [-0.2, 0) is 11.3 Å². The fourth-order valence-electron chi connectivity index (χ4n) is 4.77. The average Bonchev–Trinajstić information content (AvgIpc) is 3.52. The molecule has 1 aromatic carbocycles. The van der Waals surface area contributed by atoms with Crippen LogP contribution in [0.15, 0.2) is 42.7 Å². The maximum absolute atomic E-state index is 13.3. The summed E-state index contributed by atoms with van der Waals surface area (Å²) in [6.45, 7) is 4.57. The van der Waals surface area contributed by atoms with Gasteiger partial charge in [-0.2, -0.15) is 0 Å². The number of benzene rings is 1. The minimum Gasteiger partial charge on any atom is -0.481 e. The molecule has 0 spiro atoms. The Kier molecular flexibility index (Phi) is 5.00. The lowest BCUT2D eigenvalue weighted by Crippen LogP contribution is -2.24. The summed E-state index contributed by atoms with van der Waals surface area (Å²) in [5, 5.41) is 17.5. The summed E-state index contributed by atoms with van der Waals surface area (Å²) >= 11 is 0. The molecule has 1 N–H and O–H groups in total. The molecule has 0 radical (unpaired) electrons. The van der Waals surface area contributed by atoms with Crippen molar-refractivity contribution < 1.29 is 14.7 Å². The second-order valence-electron chi connectivity index (χ2n) is 8.89. The Morgan fingerprint density at radius 1 is 1.19 bits per heavy atom. The number of aliphatic carboxylic acids is 1. The molecular weight excluding hydrogens is 406 g/mol. The van der Waals surface area contributed by atoms with Crippen LogP contribution in [0.5, 0.6) is 0 Å². The van der Waals surface area contributed by atoms with Gasteiger partial charge in [0.15, 0.2) is 5.82 Å². The van der Waals surface area contributed by atoms with E-state index in [1.165, 1.54) is 0 Å². The molecule has 1 aliphatic carbocycles. The number of fused-ring (bicyclic) bond motifs is 1. The summed E-state index contributed by atoms with van der Waals surface area (Å²) in [6, 6.07) is 11.8. The maximum Gasteiger partial charge on any atom is 0.306 e. The van der Waals surface area contributed by atoms with Crippen LogP contribution >= 0.6 is 0 Å². The van der Waals surface area contributed by atoms with Crippen molar-refractivity contribution in [2.75, 3.05) is 4.90 Å². The number of aromatic nitrogens is 4. The Morgan fingerprint density at radius 3 is 2.78 bits per heavy atom. The summed E-state index contributed by atoms with van der Waals surface area (Å²) in [5.74, 6) is 0.338. The van der Waals surface area contributed by atoms with Crippen LogP contribution in [0.4, 0.5) is 5.82 Å². The number of carboxylic acids is 1. The predicted molar refractivity (Wildman–Crippen MR) is 118 cm³/mol. The van der Waals surface area contributed by atoms with Crippen molar-refractivity contribution in [2.24, 2.45) is 5.92 Å². The fraction of sp³-hybridized carbons (Fsp3) is 0.375. The zero-order chi connectivity index (χ0) is 22.4. The lowest BCUT2D eigenvalue weighted by molar-refractivity contribution is -0.141. The molecule has 2 atom stereocenters. The van der Waals surface area contributed by atoms with Gasteiger partial charge in [0.25, 0.3) is 5.91 Å². The molecule has 164 valence electrons. The second-order valence-corrected chi connectivity index (χ2v) is 8.89. The normalized spacial score (nSPS) is 20.2. The zero-order valence-corrected chi connectivity index (χ0v) is 18.1. The molecule has 0 saturated heterocycles. The molecule has 1 amide bonds. The molecule has 32 heavy (non-hydrogen) atoms. The first kappa shape index (κ1) is 20.4. The molecule has 1 aliphatic heterocycles. The van der Waals surface area contributed by atoms with Crippen molar-refractivity contribution in [1.82, 2.24) is 19.7 Å².